The predicted octanol–water partition coefficient (Wildman–Crippen LogP) is 2.32. The standard InChI is InChI=1S/C16H23N5O/c1-10(22)18-12-5-4-8-21-14(12)19-13(11-6-7-11)15(21)20-16(2,3)9-17/h4-5,8,11,20H,6-7,9,17H2,1-3H3,(H,18,22). The van der Waals surface area contributed by atoms with Crippen LogP contribution in [0.4, 0.5) is 11.5 Å². The first-order valence-corrected chi connectivity index (χ1v) is 7.68. The Morgan fingerprint density at radius 3 is 2.82 bits per heavy atom. The number of carbonyl (C=O) groups excluding carboxylic acids is 1. The van der Waals surface area contributed by atoms with Crippen LogP contribution in [-0.4, -0.2) is 27.4 Å². The highest BCUT2D eigenvalue weighted by Crippen LogP contribution is 2.44. The first-order valence-electron chi connectivity index (χ1n) is 7.68. The first-order chi connectivity index (χ1) is 10.4. The van der Waals surface area contributed by atoms with Crippen molar-refractivity contribution in [2.45, 2.75) is 45.1 Å². The van der Waals surface area contributed by atoms with Gasteiger partial charge in [-0.15, -0.1) is 0 Å². The monoisotopic (exact) mass is 301 g/mol. The van der Waals surface area contributed by atoms with E-state index in [9.17, 15) is 4.79 Å². The fourth-order valence-corrected chi connectivity index (χ4v) is 2.51. The SMILES string of the molecule is CC(=O)Nc1cccn2c(NC(C)(C)CN)c(C3CC3)nc12. The van der Waals surface area contributed by atoms with Gasteiger partial charge < -0.3 is 16.4 Å². The maximum absolute atomic E-state index is 11.4. The minimum absolute atomic E-state index is 0.0964. The molecular weight excluding hydrogens is 278 g/mol. The summed E-state index contributed by atoms with van der Waals surface area (Å²) < 4.78 is 2.01. The minimum Gasteiger partial charge on any atom is -0.363 e. The Morgan fingerprint density at radius 2 is 2.23 bits per heavy atom. The van der Waals surface area contributed by atoms with Gasteiger partial charge in [0.05, 0.1) is 11.4 Å². The van der Waals surface area contributed by atoms with Crippen molar-refractivity contribution in [3.8, 4) is 0 Å². The van der Waals surface area contributed by atoms with Gasteiger partial charge in [-0.1, -0.05) is 0 Å². The third-order valence-corrected chi connectivity index (χ3v) is 3.92. The molecule has 1 amide bonds. The molecule has 1 aliphatic carbocycles. The average molecular weight is 301 g/mol. The number of nitrogens with zero attached hydrogens (tertiary/aromatic N) is 2. The van der Waals surface area contributed by atoms with E-state index in [1.807, 2.05) is 22.7 Å². The lowest BCUT2D eigenvalue weighted by atomic mass is 10.1. The molecule has 118 valence electrons. The van der Waals surface area contributed by atoms with Crippen LogP contribution in [0.1, 0.15) is 45.2 Å². The van der Waals surface area contributed by atoms with E-state index in [2.05, 4.69) is 24.5 Å². The summed E-state index contributed by atoms with van der Waals surface area (Å²) in [6.45, 7) is 6.17. The average Bonchev–Trinajstić information content (AvgIpc) is 3.23. The predicted molar refractivity (Wildman–Crippen MR) is 88.2 cm³/mol. The van der Waals surface area contributed by atoms with Crippen molar-refractivity contribution in [1.82, 2.24) is 9.38 Å². The molecule has 22 heavy (non-hydrogen) atoms. The van der Waals surface area contributed by atoms with Gasteiger partial charge in [-0.3, -0.25) is 9.20 Å². The summed E-state index contributed by atoms with van der Waals surface area (Å²) in [5, 5.41) is 6.37. The van der Waals surface area contributed by atoms with Crippen LogP contribution in [-0.2, 0) is 4.79 Å². The molecule has 6 nitrogen and oxygen atoms in total. The summed E-state index contributed by atoms with van der Waals surface area (Å²) in [4.78, 5) is 16.2. The lowest BCUT2D eigenvalue weighted by Crippen LogP contribution is -2.39. The van der Waals surface area contributed by atoms with Crippen LogP contribution < -0.4 is 16.4 Å². The van der Waals surface area contributed by atoms with Gasteiger partial charge in [0.15, 0.2) is 5.65 Å². The molecule has 2 aromatic heterocycles. The number of hydrogen-bond donors (Lipinski definition) is 3. The van der Waals surface area contributed by atoms with Crippen LogP contribution in [0.3, 0.4) is 0 Å². The maximum atomic E-state index is 11.4. The number of imidazole rings is 1. The van der Waals surface area contributed by atoms with E-state index < -0.39 is 0 Å². The molecule has 0 atom stereocenters. The normalized spacial score (nSPS) is 15.1. The van der Waals surface area contributed by atoms with Crippen LogP contribution in [0.2, 0.25) is 0 Å². The summed E-state index contributed by atoms with van der Waals surface area (Å²) in [7, 11) is 0. The van der Waals surface area contributed by atoms with E-state index in [0.717, 1.165) is 35.7 Å². The van der Waals surface area contributed by atoms with Crippen LogP contribution in [0, 0.1) is 0 Å². The molecule has 6 heteroatoms. The summed E-state index contributed by atoms with van der Waals surface area (Å²) in [5.74, 6) is 1.39. The van der Waals surface area contributed by atoms with E-state index in [-0.39, 0.29) is 11.4 Å². The molecule has 1 saturated carbocycles. The summed E-state index contributed by atoms with van der Waals surface area (Å²) in [5.41, 5.74) is 8.21. The number of aromatic nitrogens is 2. The van der Waals surface area contributed by atoms with E-state index in [1.165, 1.54) is 6.92 Å². The Labute approximate surface area is 130 Å². The Morgan fingerprint density at radius 1 is 1.50 bits per heavy atom. The van der Waals surface area contributed by atoms with Crippen molar-refractivity contribution in [3.63, 3.8) is 0 Å². The molecular formula is C16H23N5O. The van der Waals surface area contributed by atoms with E-state index >= 15 is 0 Å². The van der Waals surface area contributed by atoms with Gasteiger partial charge >= 0.3 is 0 Å². The molecule has 0 unspecified atom stereocenters. The number of nitrogens with two attached hydrogens (primary N) is 1. The highest BCUT2D eigenvalue weighted by atomic mass is 16.1. The van der Waals surface area contributed by atoms with Crippen molar-refractivity contribution in [1.29, 1.82) is 0 Å². The summed E-state index contributed by atoms with van der Waals surface area (Å²) in [6.07, 6.45) is 4.29. The van der Waals surface area contributed by atoms with Gasteiger partial charge in [0, 0.05) is 31.1 Å². The van der Waals surface area contributed by atoms with Crippen LogP contribution >= 0.6 is 0 Å². The summed E-state index contributed by atoms with van der Waals surface area (Å²) in [6, 6.07) is 3.79. The third-order valence-electron chi connectivity index (χ3n) is 3.92. The van der Waals surface area contributed by atoms with Crippen molar-refractivity contribution in [3.05, 3.63) is 24.0 Å². The lowest BCUT2D eigenvalue weighted by molar-refractivity contribution is -0.114. The number of amides is 1. The van der Waals surface area contributed by atoms with E-state index in [1.54, 1.807) is 0 Å². The molecule has 1 fully saturated rings. The van der Waals surface area contributed by atoms with Crippen molar-refractivity contribution < 1.29 is 4.79 Å². The second-order valence-corrected chi connectivity index (χ2v) is 6.63. The van der Waals surface area contributed by atoms with Crippen molar-refractivity contribution in [2.75, 3.05) is 17.2 Å². The van der Waals surface area contributed by atoms with Crippen molar-refractivity contribution >= 4 is 23.1 Å². The van der Waals surface area contributed by atoms with Gasteiger partial charge in [0.1, 0.15) is 5.82 Å². The molecule has 0 bridgehead atoms. The molecule has 0 spiro atoms. The molecule has 0 radical (unpaired) electrons. The second-order valence-electron chi connectivity index (χ2n) is 6.63. The third kappa shape index (κ3) is 2.78. The van der Waals surface area contributed by atoms with Crippen LogP contribution in [0.25, 0.3) is 5.65 Å². The number of fused-ring (bicyclic) bond motifs is 1. The highest BCUT2D eigenvalue weighted by Gasteiger charge is 2.32. The fraction of sp³-hybridized carbons (Fsp3) is 0.500. The number of rotatable bonds is 5. The molecule has 0 aromatic carbocycles. The van der Waals surface area contributed by atoms with Gasteiger partial charge in [0.25, 0.3) is 0 Å². The fourth-order valence-electron chi connectivity index (χ4n) is 2.51. The van der Waals surface area contributed by atoms with Gasteiger partial charge in [0.2, 0.25) is 5.91 Å². The molecule has 3 rings (SSSR count). The topological polar surface area (TPSA) is 84.5 Å². The van der Waals surface area contributed by atoms with Crippen LogP contribution in [0.5, 0.6) is 0 Å². The number of anilines is 2. The van der Waals surface area contributed by atoms with Gasteiger partial charge in [-0.25, -0.2) is 4.98 Å². The van der Waals surface area contributed by atoms with Gasteiger partial charge in [-0.05, 0) is 38.8 Å². The zero-order valence-corrected chi connectivity index (χ0v) is 13.3. The number of pyridine rings is 1. The Hall–Kier alpha value is -2.08. The van der Waals surface area contributed by atoms with Crippen LogP contribution in [0.15, 0.2) is 18.3 Å². The molecule has 0 aliphatic heterocycles. The Balaban J connectivity index is 2.12. The summed E-state index contributed by atoms with van der Waals surface area (Å²) >= 11 is 0. The number of carbonyl (C=O) groups is 1. The zero-order chi connectivity index (χ0) is 15.9. The maximum Gasteiger partial charge on any atom is 0.221 e. The Kier molecular flexibility index (Phi) is 3.56. The number of hydrogen-bond acceptors (Lipinski definition) is 4. The molecule has 1 aliphatic rings. The highest BCUT2D eigenvalue weighted by molar-refractivity contribution is 5.93. The Bertz CT molecular complexity index is 715. The van der Waals surface area contributed by atoms with E-state index in [4.69, 9.17) is 10.7 Å². The second kappa shape index (κ2) is 5.28. The molecule has 2 heterocycles. The molecule has 0 saturated heterocycles. The quantitative estimate of drug-likeness (QED) is 0.791. The van der Waals surface area contributed by atoms with Gasteiger partial charge in [-0.2, -0.15) is 0 Å². The smallest absolute Gasteiger partial charge is 0.221 e. The van der Waals surface area contributed by atoms with E-state index in [0.29, 0.717) is 12.5 Å². The zero-order valence-electron chi connectivity index (χ0n) is 13.3. The molecule has 4 N–H and O–H groups in total. The first kappa shape index (κ1) is 14.8. The number of nitrogens with one attached hydrogen (secondary N) is 2. The lowest BCUT2D eigenvalue weighted by Gasteiger charge is -2.26. The molecule has 2 aromatic rings. The minimum atomic E-state index is -0.219. The van der Waals surface area contributed by atoms with Crippen molar-refractivity contribution in [2.24, 2.45) is 5.73 Å². The largest absolute Gasteiger partial charge is 0.363 e.